The summed E-state index contributed by atoms with van der Waals surface area (Å²) in [7, 11) is 3.91. The first kappa shape index (κ1) is 7.98. The number of nitrogens with one attached hydrogen (secondary N) is 1. The fourth-order valence-electron chi connectivity index (χ4n) is 1.33. The number of hydroxylamine groups is 1. The molecule has 1 fully saturated rings. The summed E-state index contributed by atoms with van der Waals surface area (Å²) in [6, 6.07) is 0. The van der Waals surface area contributed by atoms with Crippen LogP contribution in [-0.4, -0.2) is 31.8 Å². The number of likely N-dealkylation sites (tertiary alicyclic amines) is 1. The van der Waals surface area contributed by atoms with Gasteiger partial charge in [-0.2, -0.15) is 0 Å². The summed E-state index contributed by atoms with van der Waals surface area (Å²) < 4.78 is 0. The zero-order valence-corrected chi connectivity index (χ0v) is 6.76. The molecule has 1 rings (SSSR count). The molecule has 0 bridgehead atoms. The van der Waals surface area contributed by atoms with Crippen LogP contribution in [-0.2, 0) is 4.84 Å². The van der Waals surface area contributed by atoms with Crippen LogP contribution in [0.25, 0.3) is 0 Å². The van der Waals surface area contributed by atoms with E-state index in [0.29, 0.717) is 6.23 Å². The van der Waals surface area contributed by atoms with E-state index in [-0.39, 0.29) is 0 Å². The van der Waals surface area contributed by atoms with Crippen molar-refractivity contribution >= 4 is 0 Å². The monoisotopic (exact) mass is 144 g/mol. The molecule has 0 spiro atoms. The molecule has 3 nitrogen and oxygen atoms in total. The largest absolute Gasteiger partial charge is 0.283 e. The van der Waals surface area contributed by atoms with Crippen molar-refractivity contribution in [1.29, 1.82) is 0 Å². The van der Waals surface area contributed by atoms with E-state index in [1.54, 1.807) is 0 Å². The fraction of sp³-hybridized carbons (Fsp3) is 1.00. The van der Waals surface area contributed by atoms with E-state index in [2.05, 4.69) is 17.4 Å². The van der Waals surface area contributed by atoms with Gasteiger partial charge in [0, 0.05) is 13.6 Å². The Hall–Kier alpha value is -0.120. The molecule has 0 saturated carbocycles. The lowest BCUT2D eigenvalue weighted by atomic mass is 10.1. The molecular formula is C7H16N2O. The van der Waals surface area contributed by atoms with Crippen LogP contribution in [0, 0.1) is 0 Å². The highest BCUT2D eigenvalue weighted by atomic mass is 16.7. The van der Waals surface area contributed by atoms with Crippen LogP contribution in [0.15, 0.2) is 0 Å². The van der Waals surface area contributed by atoms with Crippen LogP contribution in [0.5, 0.6) is 0 Å². The molecule has 1 heterocycles. The lowest BCUT2D eigenvalue weighted by Crippen LogP contribution is -2.40. The Bertz CT molecular complexity index is 95.6. The molecule has 3 heteroatoms. The minimum atomic E-state index is 0.291. The summed E-state index contributed by atoms with van der Waals surface area (Å²) in [4.78, 5) is 7.51. The first-order valence-electron chi connectivity index (χ1n) is 3.87. The molecule has 0 amide bonds. The van der Waals surface area contributed by atoms with Gasteiger partial charge in [-0.1, -0.05) is 0 Å². The zero-order valence-electron chi connectivity index (χ0n) is 6.76. The average molecular weight is 144 g/mol. The molecule has 1 saturated heterocycles. The molecule has 0 aromatic heterocycles. The lowest BCUT2D eigenvalue weighted by Gasteiger charge is -2.31. The summed E-state index contributed by atoms with van der Waals surface area (Å²) in [6.07, 6.45) is 4.03. The van der Waals surface area contributed by atoms with Crippen LogP contribution in [0.1, 0.15) is 19.3 Å². The van der Waals surface area contributed by atoms with Crippen molar-refractivity contribution in [2.45, 2.75) is 25.5 Å². The van der Waals surface area contributed by atoms with Crippen LogP contribution in [0.4, 0.5) is 0 Å². The average Bonchev–Trinajstić information content (AvgIpc) is 1.94. The maximum absolute atomic E-state index is 5.27. The molecule has 0 aromatic rings. The SMILES string of the molecule is CNOC1CCCCN1C. The topological polar surface area (TPSA) is 24.5 Å². The third-order valence-corrected chi connectivity index (χ3v) is 1.96. The van der Waals surface area contributed by atoms with Crippen molar-refractivity contribution in [3.8, 4) is 0 Å². The number of hydrogen-bond acceptors (Lipinski definition) is 3. The second-order valence-electron chi connectivity index (χ2n) is 2.75. The minimum Gasteiger partial charge on any atom is -0.283 e. The first-order chi connectivity index (χ1) is 4.84. The van der Waals surface area contributed by atoms with E-state index < -0.39 is 0 Å². The second-order valence-corrected chi connectivity index (χ2v) is 2.75. The molecule has 10 heavy (non-hydrogen) atoms. The van der Waals surface area contributed by atoms with Crippen LogP contribution in [0.3, 0.4) is 0 Å². The minimum absolute atomic E-state index is 0.291. The molecule has 1 N–H and O–H groups in total. The van der Waals surface area contributed by atoms with E-state index in [1.807, 2.05) is 7.05 Å². The van der Waals surface area contributed by atoms with Gasteiger partial charge in [0.05, 0.1) is 0 Å². The maximum Gasteiger partial charge on any atom is 0.131 e. The predicted octanol–water partition coefficient (Wildman–Crippen LogP) is 0.579. The number of nitrogens with zero attached hydrogens (tertiary/aromatic N) is 1. The van der Waals surface area contributed by atoms with Crippen molar-refractivity contribution in [3.05, 3.63) is 0 Å². The summed E-state index contributed by atoms with van der Waals surface area (Å²) in [5, 5.41) is 0. The third kappa shape index (κ3) is 1.94. The van der Waals surface area contributed by atoms with Crippen LogP contribution in [0.2, 0.25) is 0 Å². The Labute approximate surface area is 62.3 Å². The zero-order chi connectivity index (χ0) is 7.40. The molecule has 1 atom stereocenters. The number of piperidine rings is 1. The Morgan fingerprint density at radius 2 is 2.30 bits per heavy atom. The molecule has 1 aliphatic heterocycles. The van der Waals surface area contributed by atoms with Gasteiger partial charge >= 0.3 is 0 Å². The third-order valence-electron chi connectivity index (χ3n) is 1.96. The standard InChI is InChI=1S/C7H16N2O/c1-8-10-7-5-3-4-6-9(7)2/h7-8H,3-6H2,1-2H3. The first-order valence-corrected chi connectivity index (χ1v) is 3.87. The van der Waals surface area contributed by atoms with E-state index in [1.165, 1.54) is 12.8 Å². The molecule has 1 unspecified atom stereocenters. The van der Waals surface area contributed by atoms with Gasteiger partial charge in [-0.25, -0.2) is 5.48 Å². The predicted molar refractivity (Wildman–Crippen MR) is 40.4 cm³/mol. The smallest absolute Gasteiger partial charge is 0.131 e. The van der Waals surface area contributed by atoms with Gasteiger partial charge in [0.15, 0.2) is 0 Å². The van der Waals surface area contributed by atoms with Gasteiger partial charge in [-0.05, 0) is 26.3 Å². The van der Waals surface area contributed by atoms with E-state index in [9.17, 15) is 0 Å². The molecule has 0 radical (unpaired) electrons. The maximum atomic E-state index is 5.27. The van der Waals surface area contributed by atoms with Crippen molar-refractivity contribution in [2.75, 3.05) is 20.6 Å². The highest BCUT2D eigenvalue weighted by Gasteiger charge is 2.18. The Morgan fingerprint density at radius 3 is 2.90 bits per heavy atom. The van der Waals surface area contributed by atoms with Crippen LogP contribution < -0.4 is 5.48 Å². The van der Waals surface area contributed by atoms with Gasteiger partial charge in [0.1, 0.15) is 6.23 Å². The van der Waals surface area contributed by atoms with Gasteiger partial charge in [-0.15, -0.1) is 0 Å². The summed E-state index contributed by atoms with van der Waals surface area (Å²) in [5.41, 5.74) is 2.73. The highest BCUT2D eigenvalue weighted by Crippen LogP contribution is 2.14. The van der Waals surface area contributed by atoms with Gasteiger partial charge in [-0.3, -0.25) is 9.74 Å². The van der Waals surface area contributed by atoms with Gasteiger partial charge < -0.3 is 0 Å². The van der Waals surface area contributed by atoms with Gasteiger partial charge in [0.25, 0.3) is 0 Å². The second kappa shape index (κ2) is 3.91. The lowest BCUT2D eigenvalue weighted by molar-refractivity contribution is -0.109. The number of hydrogen-bond donors (Lipinski definition) is 1. The van der Waals surface area contributed by atoms with E-state index >= 15 is 0 Å². The van der Waals surface area contributed by atoms with Crippen molar-refractivity contribution in [3.63, 3.8) is 0 Å². The Morgan fingerprint density at radius 1 is 1.50 bits per heavy atom. The molecular weight excluding hydrogens is 128 g/mol. The molecule has 0 aromatic carbocycles. The molecule has 60 valence electrons. The molecule has 0 aliphatic carbocycles. The number of rotatable bonds is 2. The Kier molecular flexibility index (Phi) is 3.12. The van der Waals surface area contributed by atoms with Gasteiger partial charge in [0.2, 0.25) is 0 Å². The normalized spacial score (nSPS) is 28.8. The van der Waals surface area contributed by atoms with Crippen molar-refractivity contribution < 1.29 is 4.84 Å². The van der Waals surface area contributed by atoms with Crippen molar-refractivity contribution in [2.24, 2.45) is 0 Å². The Balaban J connectivity index is 2.25. The van der Waals surface area contributed by atoms with E-state index in [0.717, 1.165) is 13.0 Å². The van der Waals surface area contributed by atoms with E-state index in [4.69, 9.17) is 4.84 Å². The summed E-state index contributed by atoms with van der Waals surface area (Å²) in [6.45, 7) is 1.16. The fourth-order valence-corrected chi connectivity index (χ4v) is 1.33. The molecule has 1 aliphatic rings. The summed E-state index contributed by atoms with van der Waals surface area (Å²) in [5.74, 6) is 0. The summed E-state index contributed by atoms with van der Waals surface area (Å²) >= 11 is 0. The highest BCUT2D eigenvalue weighted by molar-refractivity contribution is 4.64. The van der Waals surface area contributed by atoms with Crippen molar-refractivity contribution in [1.82, 2.24) is 10.4 Å². The quantitative estimate of drug-likeness (QED) is 0.574. The van der Waals surface area contributed by atoms with Crippen LogP contribution >= 0.6 is 0 Å².